The van der Waals surface area contributed by atoms with E-state index < -0.39 is 0 Å². The van der Waals surface area contributed by atoms with E-state index in [-0.39, 0.29) is 0 Å². The fourth-order valence-electron chi connectivity index (χ4n) is 1.32. The number of hydrogen-bond acceptors (Lipinski definition) is 1. The zero-order chi connectivity index (χ0) is 7.68. The van der Waals surface area contributed by atoms with Crippen molar-refractivity contribution in [3.63, 3.8) is 0 Å². The van der Waals surface area contributed by atoms with E-state index in [1.165, 1.54) is 11.1 Å². The summed E-state index contributed by atoms with van der Waals surface area (Å²) in [6.07, 6.45) is 10.9. The van der Waals surface area contributed by atoms with Crippen molar-refractivity contribution < 1.29 is 4.74 Å². The summed E-state index contributed by atoms with van der Waals surface area (Å²) in [5.74, 6) is 1.01. The first kappa shape index (κ1) is 6.47. The predicted molar refractivity (Wildman–Crippen MR) is 44.8 cm³/mol. The second kappa shape index (κ2) is 2.42. The monoisotopic (exact) mass is 146 g/mol. The Labute approximate surface area is 66.4 Å². The van der Waals surface area contributed by atoms with Gasteiger partial charge in [0.15, 0.2) is 0 Å². The first-order chi connectivity index (χ1) is 5.38. The molecule has 1 aliphatic heterocycles. The van der Waals surface area contributed by atoms with Crippen molar-refractivity contribution >= 4 is 0 Å². The third-order valence-electron chi connectivity index (χ3n) is 1.99. The minimum atomic E-state index is 1.00. The van der Waals surface area contributed by atoms with Gasteiger partial charge in [-0.15, -0.1) is 0 Å². The van der Waals surface area contributed by atoms with Gasteiger partial charge in [0.1, 0.15) is 5.76 Å². The van der Waals surface area contributed by atoms with Crippen LogP contribution < -0.4 is 0 Å². The van der Waals surface area contributed by atoms with Crippen LogP contribution in [0.1, 0.15) is 13.3 Å². The molecule has 0 saturated heterocycles. The molecule has 0 bridgehead atoms. The minimum absolute atomic E-state index is 1.00. The van der Waals surface area contributed by atoms with Gasteiger partial charge in [0.25, 0.3) is 0 Å². The standard InChI is InChI=1S/C10H10O/c1-8-6-7-11-10-5-3-2-4-9(8)10/h2-3,5-7H,4H2,1H3. The highest BCUT2D eigenvalue weighted by atomic mass is 16.5. The van der Waals surface area contributed by atoms with Crippen LogP contribution in [-0.4, -0.2) is 0 Å². The molecule has 0 amide bonds. The molecule has 0 saturated carbocycles. The molecule has 1 nitrogen and oxygen atoms in total. The Balaban J connectivity index is 2.46. The van der Waals surface area contributed by atoms with Crippen LogP contribution in [0.3, 0.4) is 0 Å². The quantitative estimate of drug-likeness (QED) is 0.510. The summed E-state index contributed by atoms with van der Waals surface area (Å²) in [7, 11) is 0. The van der Waals surface area contributed by atoms with Gasteiger partial charge in [0, 0.05) is 5.57 Å². The Morgan fingerprint density at radius 2 is 2.36 bits per heavy atom. The van der Waals surface area contributed by atoms with Gasteiger partial charge in [0.05, 0.1) is 6.26 Å². The van der Waals surface area contributed by atoms with Crippen LogP contribution >= 0.6 is 0 Å². The van der Waals surface area contributed by atoms with E-state index in [4.69, 9.17) is 4.74 Å². The van der Waals surface area contributed by atoms with Crippen molar-refractivity contribution in [3.8, 4) is 0 Å². The van der Waals surface area contributed by atoms with Crippen LogP contribution in [0.2, 0.25) is 0 Å². The molecule has 2 rings (SSSR count). The maximum atomic E-state index is 5.32. The average molecular weight is 146 g/mol. The molecular weight excluding hydrogens is 136 g/mol. The van der Waals surface area contributed by atoms with Gasteiger partial charge in [-0.05, 0) is 31.1 Å². The summed E-state index contributed by atoms with van der Waals surface area (Å²) in [5, 5.41) is 0. The Hall–Kier alpha value is -1.24. The highest BCUT2D eigenvalue weighted by molar-refractivity contribution is 5.44. The number of hydrogen-bond donors (Lipinski definition) is 0. The third-order valence-corrected chi connectivity index (χ3v) is 1.99. The topological polar surface area (TPSA) is 9.23 Å². The summed E-state index contributed by atoms with van der Waals surface area (Å²) in [6, 6.07) is 0. The molecule has 0 fully saturated rings. The van der Waals surface area contributed by atoms with Crippen molar-refractivity contribution in [1.82, 2.24) is 0 Å². The lowest BCUT2D eigenvalue weighted by Gasteiger charge is -2.17. The summed E-state index contributed by atoms with van der Waals surface area (Å²) >= 11 is 0. The smallest absolute Gasteiger partial charge is 0.130 e. The molecule has 1 heteroatoms. The maximum Gasteiger partial charge on any atom is 0.130 e. The minimum Gasteiger partial charge on any atom is -0.465 e. The van der Waals surface area contributed by atoms with E-state index >= 15 is 0 Å². The Kier molecular flexibility index (Phi) is 1.42. The lowest BCUT2D eigenvalue weighted by Crippen LogP contribution is -2.00. The van der Waals surface area contributed by atoms with E-state index in [9.17, 15) is 0 Å². The van der Waals surface area contributed by atoms with Crippen molar-refractivity contribution in [3.05, 3.63) is 47.5 Å². The van der Waals surface area contributed by atoms with E-state index in [0.29, 0.717) is 0 Å². The van der Waals surface area contributed by atoms with E-state index in [1.807, 2.05) is 18.2 Å². The van der Waals surface area contributed by atoms with E-state index in [2.05, 4.69) is 13.0 Å². The second-order valence-electron chi connectivity index (χ2n) is 2.75. The Morgan fingerprint density at radius 3 is 3.18 bits per heavy atom. The largest absolute Gasteiger partial charge is 0.465 e. The van der Waals surface area contributed by atoms with Gasteiger partial charge in [-0.25, -0.2) is 0 Å². The Morgan fingerprint density at radius 1 is 1.45 bits per heavy atom. The highest BCUT2D eigenvalue weighted by Gasteiger charge is 2.12. The van der Waals surface area contributed by atoms with Crippen molar-refractivity contribution in [2.45, 2.75) is 13.3 Å². The van der Waals surface area contributed by atoms with Gasteiger partial charge < -0.3 is 4.74 Å². The van der Waals surface area contributed by atoms with Crippen LogP contribution in [0.5, 0.6) is 0 Å². The molecule has 2 aliphatic rings. The molecule has 0 spiro atoms. The summed E-state index contributed by atoms with van der Waals surface area (Å²) < 4.78 is 5.32. The zero-order valence-corrected chi connectivity index (χ0v) is 6.50. The molecular formula is C10H10O. The van der Waals surface area contributed by atoms with E-state index in [0.717, 1.165) is 12.2 Å². The molecule has 0 aromatic heterocycles. The summed E-state index contributed by atoms with van der Waals surface area (Å²) in [5.41, 5.74) is 2.63. The number of ether oxygens (including phenoxy) is 1. The number of allylic oxidation sites excluding steroid dienone is 6. The molecule has 11 heavy (non-hydrogen) atoms. The molecule has 0 unspecified atom stereocenters. The van der Waals surface area contributed by atoms with Crippen LogP contribution in [-0.2, 0) is 4.74 Å². The average Bonchev–Trinajstić information content (AvgIpc) is 2.06. The highest BCUT2D eigenvalue weighted by Crippen LogP contribution is 2.27. The normalized spacial score (nSPS) is 21.0. The van der Waals surface area contributed by atoms with E-state index in [1.54, 1.807) is 6.26 Å². The number of rotatable bonds is 0. The van der Waals surface area contributed by atoms with Crippen molar-refractivity contribution in [2.75, 3.05) is 0 Å². The molecule has 0 radical (unpaired) electrons. The molecule has 0 N–H and O–H groups in total. The van der Waals surface area contributed by atoms with Crippen LogP contribution in [0, 0.1) is 0 Å². The van der Waals surface area contributed by atoms with Crippen LogP contribution in [0.4, 0.5) is 0 Å². The maximum absolute atomic E-state index is 5.32. The first-order valence-corrected chi connectivity index (χ1v) is 3.78. The Bertz CT molecular complexity index is 290. The second-order valence-corrected chi connectivity index (χ2v) is 2.75. The fourth-order valence-corrected chi connectivity index (χ4v) is 1.32. The third kappa shape index (κ3) is 1.03. The molecule has 0 aromatic carbocycles. The van der Waals surface area contributed by atoms with Gasteiger partial charge in [0.2, 0.25) is 0 Å². The van der Waals surface area contributed by atoms with Crippen LogP contribution in [0.25, 0.3) is 0 Å². The SMILES string of the molecule is CC1=C2CC=CC=C2OC=C1. The summed E-state index contributed by atoms with van der Waals surface area (Å²) in [6.45, 7) is 2.11. The van der Waals surface area contributed by atoms with Gasteiger partial charge in [-0.1, -0.05) is 12.2 Å². The molecule has 0 aromatic rings. The van der Waals surface area contributed by atoms with Crippen molar-refractivity contribution in [1.29, 1.82) is 0 Å². The lowest BCUT2D eigenvalue weighted by molar-refractivity contribution is 0.352. The number of fused-ring (bicyclic) bond motifs is 1. The molecule has 1 aliphatic carbocycles. The first-order valence-electron chi connectivity index (χ1n) is 3.78. The molecule has 56 valence electrons. The zero-order valence-electron chi connectivity index (χ0n) is 6.50. The van der Waals surface area contributed by atoms with Crippen LogP contribution in [0.15, 0.2) is 47.5 Å². The lowest BCUT2D eigenvalue weighted by atomic mass is 9.99. The van der Waals surface area contributed by atoms with Gasteiger partial charge in [-0.2, -0.15) is 0 Å². The molecule has 0 atom stereocenters. The predicted octanol–water partition coefficient (Wildman–Crippen LogP) is 2.69. The van der Waals surface area contributed by atoms with Gasteiger partial charge in [-0.3, -0.25) is 0 Å². The molecule has 1 heterocycles. The summed E-state index contributed by atoms with van der Waals surface area (Å²) in [4.78, 5) is 0. The van der Waals surface area contributed by atoms with Crippen molar-refractivity contribution in [2.24, 2.45) is 0 Å². The fraction of sp³-hybridized carbons (Fsp3) is 0.200. The van der Waals surface area contributed by atoms with Gasteiger partial charge >= 0.3 is 0 Å².